The number of aliphatic hydroxyl groups is 2. The van der Waals surface area contributed by atoms with E-state index in [0.717, 1.165) is 24.9 Å². The molecule has 0 amide bonds. The number of carbonyl (C=O) groups is 1. The third kappa shape index (κ3) is 4.37. The Morgan fingerprint density at radius 3 is 1.68 bits per heavy atom. The highest BCUT2D eigenvalue weighted by atomic mass is 35.5. The number of halogens is 1. The lowest BCUT2D eigenvalue weighted by Crippen LogP contribution is -3.00. The molecule has 3 aliphatic rings. The first kappa shape index (κ1) is 23.7. The molecule has 168 valence electrons. The van der Waals surface area contributed by atoms with Crippen LogP contribution in [0.5, 0.6) is 0 Å². The standard InChI is InChI=1S/C14H12O3.C11H20NO.ClH/c15-13(16)14(17,11-7-3-1-4-8-11)12-9-5-2-6-10-12;13-11-7-9-3-4-10(8-11)12(9)5-1-2-6-12;/h1-10,17H,(H,15,16);9-11,13H,1-8H2;1H/q;+1;/p-2. The maximum absolute atomic E-state index is 11.3. The van der Waals surface area contributed by atoms with Crippen molar-refractivity contribution in [2.75, 3.05) is 13.1 Å². The maximum atomic E-state index is 11.3. The van der Waals surface area contributed by atoms with E-state index in [1.807, 2.05) is 0 Å². The topological polar surface area (TPSA) is 80.6 Å². The molecule has 31 heavy (non-hydrogen) atoms. The van der Waals surface area contributed by atoms with Gasteiger partial charge in [-0.15, -0.1) is 0 Å². The molecule has 3 aliphatic heterocycles. The van der Waals surface area contributed by atoms with Crippen molar-refractivity contribution >= 4 is 5.97 Å². The Balaban J connectivity index is 0.000000175. The third-order valence-electron chi connectivity index (χ3n) is 7.45. The molecule has 5 rings (SSSR count). The highest BCUT2D eigenvalue weighted by Gasteiger charge is 2.54. The van der Waals surface area contributed by atoms with Crippen LogP contribution in [0, 0.1) is 0 Å². The van der Waals surface area contributed by atoms with Gasteiger partial charge in [-0.05, 0) is 11.1 Å². The van der Waals surface area contributed by atoms with Crippen molar-refractivity contribution in [3.8, 4) is 0 Å². The number of aliphatic hydroxyl groups excluding tert-OH is 1. The van der Waals surface area contributed by atoms with E-state index < -0.39 is 11.6 Å². The van der Waals surface area contributed by atoms with Gasteiger partial charge in [0, 0.05) is 38.5 Å². The Bertz CT molecular complexity index is 799. The number of hydrogen-bond acceptors (Lipinski definition) is 4. The van der Waals surface area contributed by atoms with Gasteiger partial charge < -0.3 is 37.0 Å². The summed E-state index contributed by atoms with van der Waals surface area (Å²) in [5, 5.41) is 31.4. The van der Waals surface area contributed by atoms with E-state index >= 15 is 0 Å². The number of benzene rings is 2. The summed E-state index contributed by atoms with van der Waals surface area (Å²) in [6.45, 7) is 2.84. The second-order valence-electron chi connectivity index (χ2n) is 9.00. The number of carboxylic acid groups (broad SMARTS) is 1. The molecule has 2 unspecified atom stereocenters. The smallest absolute Gasteiger partial charge is 0.154 e. The quantitative estimate of drug-likeness (QED) is 0.593. The zero-order valence-electron chi connectivity index (χ0n) is 17.7. The first-order valence-corrected chi connectivity index (χ1v) is 11.1. The van der Waals surface area contributed by atoms with E-state index in [0.29, 0.717) is 0 Å². The van der Waals surface area contributed by atoms with E-state index in [2.05, 4.69) is 0 Å². The van der Waals surface area contributed by atoms with Crippen LogP contribution in [0.4, 0.5) is 0 Å². The fourth-order valence-electron chi connectivity index (χ4n) is 5.99. The molecule has 0 saturated carbocycles. The minimum Gasteiger partial charge on any atom is -1.00 e. The number of hydrogen-bond donors (Lipinski definition) is 2. The normalized spacial score (nSPS) is 25.9. The fourth-order valence-corrected chi connectivity index (χ4v) is 5.99. The van der Waals surface area contributed by atoms with Gasteiger partial charge in [0.1, 0.15) is 0 Å². The van der Waals surface area contributed by atoms with E-state index in [1.165, 1.54) is 43.3 Å². The van der Waals surface area contributed by atoms with Crippen LogP contribution in [0.3, 0.4) is 0 Å². The van der Waals surface area contributed by atoms with Crippen molar-refractivity contribution in [2.24, 2.45) is 0 Å². The summed E-state index contributed by atoms with van der Waals surface area (Å²) in [5.41, 5.74) is -1.54. The summed E-state index contributed by atoms with van der Waals surface area (Å²) in [7, 11) is 0. The lowest BCUT2D eigenvalue weighted by molar-refractivity contribution is -0.956. The predicted molar refractivity (Wildman–Crippen MR) is 112 cm³/mol. The van der Waals surface area contributed by atoms with Crippen LogP contribution in [0.25, 0.3) is 0 Å². The van der Waals surface area contributed by atoms with Crippen molar-refractivity contribution in [1.82, 2.24) is 0 Å². The third-order valence-corrected chi connectivity index (χ3v) is 7.45. The Morgan fingerprint density at radius 1 is 0.871 bits per heavy atom. The molecule has 0 aliphatic carbocycles. The summed E-state index contributed by atoms with van der Waals surface area (Å²) in [4.78, 5) is 11.3. The molecule has 2 atom stereocenters. The zero-order chi connectivity index (χ0) is 21.2. The van der Waals surface area contributed by atoms with Crippen LogP contribution in [-0.4, -0.2) is 51.9 Å². The van der Waals surface area contributed by atoms with Crippen LogP contribution < -0.4 is 17.5 Å². The molecular formula is C25H31ClNO4-. The van der Waals surface area contributed by atoms with Gasteiger partial charge in [0.15, 0.2) is 5.60 Å². The molecule has 1 spiro atoms. The Kier molecular flexibility index (Phi) is 7.43. The summed E-state index contributed by atoms with van der Waals surface area (Å²) in [6.07, 6.45) is 7.87. The molecule has 2 bridgehead atoms. The van der Waals surface area contributed by atoms with Gasteiger partial charge >= 0.3 is 0 Å². The van der Waals surface area contributed by atoms with Crippen molar-refractivity contribution in [3.05, 3.63) is 71.8 Å². The lowest BCUT2D eigenvalue weighted by Gasteiger charge is -2.46. The Labute approximate surface area is 190 Å². The number of aliphatic carboxylic acids is 1. The van der Waals surface area contributed by atoms with Gasteiger partial charge in [-0.1, -0.05) is 60.7 Å². The number of carbonyl (C=O) groups excluding carboxylic acids is 1. The van der Waals surface area contributed by atoms with Crippen LogP contribution in [-0.2, 0) is 10.4 Å². The van der Waals surface area contributed by atoms with E-state index in [1.54, 1.807) is 60.7 Å². The largest absolute Gasteiger partial charge is 1.00 e. The van der Waals surface area contributed by atoms with Crippen molar-refractivity contribution in [2.45, 2.75) is 62.3 Å². The van der Waals surface area contributed by atoms with E-state index in [9.17, 15) is 20.1 Å². The van der Waals surface area contributed by atoms with Crippen molar-refractivity contribution in [3.63, 3.8) is 0 Å². The molecule has 2 N–H and O–H groups in total. The average Bonchev–Trinajstić information content (AvgIpc) is 3.32. The molecule has 5 nitrogen and oxygen atoms in total. The molecule has 3 fully saturated rings. The van der Waals surface area contributed by atoms with Gasteiger partial charge in [-0.2, -0.15) is 0 Å². The minimum atomic E-state index is -2.11. The van der Waals surface area contributed by atoms with E-state index in [4.69, 9.17) is 0 Å². The minimum absolute atomic E-state index is 0. The first-order valence-electron chi connectivity index (χ1n) is 11.1. The number of piperidine rings is 1. The number of nitrogens with zero attached hydrogens (tertiary/aromatic N) is 1. The lowest BCUT2D eigenvalue weighted by atomic mass is 9.86. The summed E-state index contributed by atoms with van der Waals surface area (Å²) in [5.74, 6) is -1.53. The molecular weight excluding hydrogens is 414 g/mol. The van der Waals surface area contributed by atoms with Crippen LogP contribution in [0.15, 0.2) is 60.7 Å². The van der Waals surface area contributed by atoms with Gasteiger partial charge in [0.25, 0.3) is 0 Å². The Morgan fingerprint density at radius 2 is 1.29 bits per heavy atom. The second-order valence-corrected chi connectivity index (χ2v) is 9.00. The molecule has 2 aromatic rings. The summed E-state index contributed by atoms with van der Waals surface area (Å²) < 4.78 is 1.41. The van der Waals surface area contributed by atoms with Crippen LogP contribution in [0.2, 0.25) is 0 Å². The fraction of sp³-hybridized carbons (Fsp3) is 0.480. The molecule has 0 radical (unpaired) electrons. The summed E-state index contributed by atoms with van der Waals surface area (Å²) >= 11 is 0. The first-order chi connectivity index (χ1) is 14.5. The number of quaternary nitrogens is 1. The van der Waals surface area contributed by atoms with Gasteiger partial charge in [0.2, 0.25) is 0 Å². The van der Waals surface area contributed by atoms with Crippen LogP contribution in [0.1, 0.15) is 49.7 Å². The SMILES string of the molecule is O=C([O-])C(O)(c1ccccc1)c1ccccc1.OC1CC2CCC(C1)[N+]21CCCC1.[Cl-]. The van der Waals surface area contributed by atoms with E-state index in [-0.39, 0.29) is 29.6 Å². The van der Waals surface area contributed by atoms with Crippen molar-refractivity contribution < 1.29 is 37.0 Å². The maximum Gasteiger partial charge on any atom is 0.154 e. The molecule has 3 saturated heterocycles. The summed E-state index contributed by atoms with van der Waals surface area (Å²) in [6, 6.07) is 18.1. The highest BCUT2D eigenvalue weighted by molar-refractivity contribution is 5.81. The number of carboxylic acids is 1. The van der Waals surface area contributed by atoms with Crippen LogP contribution >= 0.6 is 0 Å². The van der Waals surface area contributed by atoms with Crippen molar-refractivity contribution in [1.29, 1.82) is 0 Å². The molecule has 2 aromatic carbocycles. The second kappa shape index (κ2) is 9.70. The van der Waals surface area contributed by atoms with Gasteiger partial charge in [-0.25, -0.2) is 0 Å². The monoisotopic (exact) mass is 444 g/mol. The predicted octanol–water partition coefficient (Wildman–Crippen LogP) is -1.04. The van der Waals surface area contributed by atoms with Gasteiger partial charge in [-0.3, -0.25) is 0 Å². The zero-order valence-corrected chi connectivity index (χ0v) is 18.5. The highest BCUT2D eigenvalue weighted by Crippen LogP contribution is 2.45. The van der Waals surface area contributed by atoms with Gasteiger partial charge in [0.05, 0.1) is 37.2 Å². The molecule has 0 aromatic heterocycles. The Hall–Kier alpha value is -1.92. The molecule has 3 heterocycles. The molecule has 6 heteroatoms. The number of rotatable bonds is 3. The average molecular weight is 445 g/mol.